The van der Waals surface area contributed by atoms with E-state index in [1.54, 1.807) is 13.2 Å². The number of carbonyl (C=O) groups is 1. The standard InChI is InChI=1S/C15H19NO3/c1-19-13-5-2-4-12(10-13)6-7-14(17)16-11-15(18)8-3-9-15/h2,4-7,10,18H,3,8-9,11H2,1H3,(H,16,17)/b7-6+. The van der Waals surface area contributed by atoms with Crippen LogP contribution >= 0.6 is 0 Å². The number of benzene rings is 1. The van der Waals surface area contributed by atoms with Gasteiger partial charge < -0.3 is 15.2 Å². The largest absolute Gasteiger partial charge is 0.497 e. The van der Waals surface area contributed by atoms with E-state index >= 15 is 0 Å². The summed E-state index contributed by atoms with van der Waals surface area (Å²) in [6, 6.07) is 7.46. The summed E-state index contributed by atoms with van der Waals surface area (Å²) in [6.45, 7) is 0.328. The first kappa shape index (κ1) is 13.6. The minimum Gasteiger partial charge on any atom is -0.497 e. The van der Waals surface area contributed by atoms with Crippen molar-refractivity contribution in [3.05, 3.63) is 35.9 Å². The minimum absolute atomic E-state index is 0.192. The summed E-state index contributed by atoms with van der Waals surface area (Å²) in [5, 5.41) is 12.6. The Labute approximate surface area is 113 Å². The first-order chi connectivity index (χ1) is 9.11. The van der Waals surface area contributed by atoms with Crippen LogP contribution in [0.2, 0.25) is 0 Å². The zero-order valence-corrected chi connectivity index (χ0v) is 11.1. The number of aliphatic hydroxyl groups is 1. The summed E-state index contributed by atoms with van der Waals surface area (Å²) in [7, 11) is 1.61. The molecule has 1 amide bonds. The Morgan fingerprint density at radius 2 is 2.32 bits per heavy atom. The molecule has 102 valence electrons. The van der Waals surface area contributed by atoms with Crippen LogP contribution in [0.25, 0.3) is 6.08 Å². The lowest BCUT2D eigenvalue weighted by Gasteiger charge is -2.36. The zero-order valence-electron chi connectivity index (χ0n) is 11.1. The van der Waals surface area contributed by atoms with Crippen LogP contribution in [-0.4, -0.2) is 30.3 Å². The van der Waals surface area contributed by atoms with E-state index in [-0.39, 0.29) is 5.91 Å². The second kappa shape index (κ2) is 5.89. The molecule has 0 unspecified atom stereocenters. The summed E-state index contributed by atoms with van der Waals surface area (Å²) in [5.41, 5.74) is 0.219. The van der Waals surface area contributed by atoms with Crippen LogP contribution in [0.1, 0.15) is 24.8 Å². The van der Waals surface area contributed by atoms with Gasteiger partial charge in [-0.3, -0.25) is 4.79 Å². The first-order valence-corrected chi connectivity index (χ1v) is 6.44. The highest BCUT2D eigenvalue weighted by Crippen LogP contribution is 2.30. The van der Waals surface area contributed by atoms with Crippen molar-refractivity contribution in [2.45, 2.75) is 24.9 Å². The quantitative estimate of drug-likeness (QED) is 0.794. The number of rotatable bonds is 5. The Bertz CT molecular complexity index is 478. The molecule has 2 rings (SSSR count). The highest BCUT2D eigenvalue weighted by atomic mass is 16.5. The molecular weight excluding hydrogens is 242 g/mol. The van der Waals surface area contributed by atoms with Crippen LogP contribution in [0.5, 0.6) is 5.75 Å². The van der Waals surface area contributed by atoms with E-state index in [9.17, 15) is 9.90 Å². The molecule has 1 aromatic carbocycles. The Kier molecular flexibility index (Phi) is 4.22. The molecule has 0 heterocycles. The van der Waals surface area contributed by atoms with Crippen molar-refractivity contribution in [3.63, 3.8) is 0 Å². The third-order valence-corrected chi connectivity index (χ3v) is 3.40. The van der Waals surface area contributed by atoms with Crippen molar-refractivity contribution in [1.82, 2.24) is 5.32 Å². The maximum absolute atomic E-state index is 11.6. The van der Waals surface area contributed by atoms with Crippen molar-refractivity contribution in [1.29, 1.82) is 0 Å². The fourth-order valence-corrected chi connectivity index (χ4v) is 1.99. The van der Waals surface area contributed by atoms with Gasteiger partial charge in [0.2, 0.25) is 5.91 Å². The van der Waals surface area contributed by atoms with Crippen molar-refractivity contribution in [2.24, 2.45) is 0 Å². The molecular formula is C15H19NO3. The van der Waals surface area contributed by atoms with Gasteiger partial charge in [-0.1, -0.05) is 12.1 Å². The number of amides is 1. The zero-order chi connectivity index (χ0) is 13.7. The number of methoxy groups -OCH3 is 1. The predicted molar refractivity (Wildman–Crippen MR) is 73.8 cm³/mol. The Morgan fingerprint density at radius 3 is 2.95 bits per heavy atom. The molecule has 0 aromatic heterocycles. The Morgan fingerprint density at radius 1 is 1.53 bits per heavy atom. The average Bonchev–Trinajstić information content (AvgIpc) is 2.41. The number of carbonyl (C=O) groups excluding carboxylic acids is 1. The SMILES string of the molecule is COc1cccc(/C=C/C(=O)NCC2(O)CCC2)c1. The van der Waals surface area contributed by atoms with Crippen LogP contribution in [-0.2, 0) is 4.79 Å². The van der Waals surface area contributed by atoms with Crippen molar-refractivity contribution in [3.8, 4) is 5.75 Å². The highest BCUT2D eigenvalue weighted by molar-refractivity contribution is 5.91. The fourth-order valence-electron chi connectivity index (χ4n) is 1.99. The Hall–Kier alpha value is -1.81. The minimum atomic E-state index is -0.681. The number of hydrogen-bond acceptors (Lipinski definition) is 3. The molecule has 0 radical (unpaired) electrons. The van der Waals surface area contributed by atoms with Gasteiger partial charge in [-0.2, -0.15) is 0 Å². The number of nitrogens with one attached hydrogen (secondary N) is 1. The number of ether oxygens (including phenoxy) is 1. The lowest BCUT2D eigenvalue weighted by atomic mass is 9.80. The van der Waals surface area contributed by atoms with E-state index < -0.39 is 5.60 Å². The molecule has 0 aliphatic heterocycles. The van der Waals surface area contributed by atoms with Gasteiger partial charge in [-0.15, -0.1) is 0 Å². The van der Waals surface area contributed by atoms with Gasteiger partial charge in [0.15, 0.2) is 0 Å². The summed E-state index contributed by atoms with van der Waals surface area (Å²) in [4.78, 5) is 11.6. The van der Waals surface area contributed by atoms with E-state index in [0.717, 1.165) is 30.6 Å². The van der Waals surface area contributed by atoms with Gasteiger partial charge in [0.25, 0.3) is 0 Å². The maximum Gasteiger partial charge on any atom is 0.244 e. The van der Waals surface area contributed by atoms with E-state index in [1.165, 1.54) is 6.08 Å². The molecule has 1 aliphatic rings. The molecule has 0 spiro atoms. The average molecular weight is 261 g/mol. The van der Waals surface area contributed by atoms with Crippen LogP contribution in [0, 0.1) is 0 Å². The molecule has 19 heavy (non-hydrogen) atoms. The topological polar surface area (TPSA) is 58.6 Å². The molecule has 4 heteroatoms. The molecule has 0 bridgehead atoms. The van der Waals surface area contributed by atoms with Crippen LogP contribution < -0.4 is 10.1 Å². The van der Waals surface area contributed by atoms with Crippen molar-refractivity contribution in [2.75, 3.05) is 13.7 Å². The molecule has 2 N–H and O–H groups in total. The van der Waals surface area contributed by atoms with Crippen molar-refractivity contribution < 1.29 is 14.6 Å². The van der Waals surface area contributed by atoms with Gasteiger partial charge in [-0.25, -0.2) is 0 Å². The van der Waals surface area contributed by atoms with Gasteiger partial charge in [0.05, 0.1) is 12.7 Å². The first-order valence-electron chi connectivity index (χ1n) is 6.44. The second-order valence-electron chi connectivity index (χ2n) is 4.91. The summed E-state index contributed by atoms with van der Waals surface area (Å²) >= 11 is 0. The number of hydrogen-bond donors (Lipinski definition) is 2. The molecule has 0 atom stereocenters. The Balaban J connectivity index is 1.85. The lowest BCUT2D eigenvalue weighted by Crippen LogP contribution is -2.47. The van der Waals surface area contributed by atoms with E-state index in [4.69, 9.17) is 4.74 Å². The summed E-state index contributed by atoms with van der Waals surface area (Å²) in [6.07, 6.45) is 5.77. The summed E-state index contributed by atoms with van der Waals surface area (Å²) in [5.74, 6) is 0.564. The lowest BCUT2D eigenvalue weighted by molar-refractivity contribution is -0.118. The second-order valence-corrected chi connectivity index (χ2v) is 4.91. The van der Waals surface area contributed by atoms with Crippen molar-refractivity contribution >= 4 is 12.0 Å². The van der Waals surface area contributed by atoms with Gasteiger partial charge in [0.1, 0.15) is 5.75 Å². The van der Waals surface area contributed by atoms with E-state index in [0.29, 0.717) is 6.54 Å². The molecule has 1 aromatic rings. The van der Waals surface area contributed by atoms with Crippen LogP contribution in [0.4, 0.5) is 0 Å². The molecule has 4 nitrogen and oxygen atoms in total. The summed E-state index contributed by atoms with van der Waals surface area (Å²) < 4.78 is 5.11. The van der Waals surface area contributed by atoms with Crippen LogP contribution in [0.15, 0.2) is 30.3 Å². The fraction of sp³-hybridized carbons (Fsp3) is 0.400. The van der Waals surface area contributed by atoms with E-state index in [1.807, 2.05) is 24.3 Å². The monoisotopic (exact) mass is 261 g/mol. The molecule has 1 fully saturated rings. The highest BCUT2D eigenvalue weighted by Gasteiger charge is 2.34. The maximum atomic E-state index is 11.6. The third kappa shape index (κ3) is 3.83. The van der Waals surface area contributed by atoms with Gasteiger partial charge in [-0.05, 0) is 43.0 Å². The van der Waals surface area contributed by atoms with Crippen LogP contribution in [0.3, 0.4) is 0 Å². The van der Waals surface area contributed by atoms with Gasteiger partial charge >= 0.3 is 0 Å². The smallest absolute Gasteiger partial charge is 0.244 e. The van der Waals surface area contributed by atoms with E-state index in [2.05, 4.69) is 5.32 Å². The van der Waals surface area contributed by atoms with Gasteiger partial charge in [0, 0.05) is 12.6 Å². The molecule has 0 saturated heterocycles. The molecule has 1 aliphatic carbocycles. The molecule has 1 saturated carbocycles. The normalized spacial score (nSPS) is 16.9. The predicted octanol–water partition coefficient (Wildman–Crippen LogP) is 1.74. The third-order valence-electron chi connectivity index (χ3n) is 3.40.